The highest BCUT2D eigenvalue weighted by molar-refractivity contribution is 5.74. The summed E-state index contributed by atoms with van der Waals surface area (Å²) >= 11 is 0. The van der Waals surface area contributed by atoms with Gasteiger partial charge in [0.2, 0.25) is 0 Å². The Bertz CT molecular complexity index is 124. The summed E-state index contributed by atoms with van der Waals surface area (Å²) in [5.41, 5.74) is 0. The first-order valence-corrected chi connectivity index (χ1v) is 4.00. The SMILES string of the molecule is CCNC(=O)N(CCO)CCO. The summed E-state index contributed by atoms with van der Waals surface area (Å²) in [6.45, 7) is 2.70. The summed E-state index contributed by atoms with van der Waals surface area (Å²) in [4.78, 5) is 12.5. The maximum absolute atomic E-state index is 11.1. The molecule has 0 aromatic carbocycles. The second kappa shape index (κ2) is 6.87. The van der Waals surface area contributed by atoms with Crippen LogP contribution in [0, 0.1) is 0 Å². The van der Waals surface area contributed by atoms with Crippen LogP contribution in [-0.4, -0.2) is 54.0 Å². The quantitative estimate of drug-likeness (QED) is 0.503. The lowest BCUT2D eigenvalue weighted by Gasteiger charge is -2.20. The lowest BCUT2D eigenvalue weighted by Crippen LogP contribution is -2.42. The fraction of sp³-hybridized carbons (Fsp3) is 0.857. The molecule has 0 saturated carbocycles. The third kappa shape index (κ3) is 4.15. The molecule has 0 unspecified atom stereocenters. The Morgan fingerprint density at radius 3 is 2.17 bits per heavy atom. The lowest BCUT2D eigenvalue weighted by molar-refractivity contribution is 0.158. The van der Waals surface area contributed by atoms with Gasteiger partial charge in [-0.1, -0.05) is 0 Å². The summed E-state index contributed by atoms with van der Waals surface area (Å²) in [7, 11) is 0. The molecule has 0 bridgehead atoms. The van der Waals surface area contributed by atoms with Gasteiger partial charge in [-0.25, -0.2) is 4.79 Å². The smallest absolute Gasteiger partial charge is 0.317 e. The van der Waals surface area contributed by atoms with Gasteiger partial charge in [0, 0.05) is 19.6 Å². The number of aliphatic hydroxyl groups is 2. The number of carbonyl (C=O) groups is 1. The summed E-state index contributed by atoms with van der Waals surface area (Å²) in [6.07, 6.45) is 0. The number of amides is 2. The Balaban J connectivity index is 3.81. The van der Waals surface area contributed by atoms with Crippen molar-refractivity contribution in [1.29, 1.82) is 0 Å². The first-order chi connectivity index (χ1) is 5.76. The molecule has 2 amide bonds. The average Bonchev–Trinajstić information content (AvgIpc) is 2.04. The van der Waals surface area contributed by atoms with Crippen molar-refractivity contribution in [3.63, 3.8) is 0 Å². The maximum atomic E-state index is 11.1. The molecule has 0 rings (SSSR count). The van der Waals surface area contributed by atoms with Crippen LogP contribution < -0.4 is 5.32 Å². The fourth-order valence-corrected chi connectivity index (χ4v) is 0.819. The molecule has 0 aliphatic rings. The van der Waals surface area contributed by atoms with E-state index in [4.69, 9.17) is 10.2 Å². The van der Waals surface area contributed by atoms with Crippen LogP contribution in [0.15, 0.2) is 0 Å². The van der Waals surface area contributed by atoms with Crippen LogP contribution in [-0.2, 0) is 0 Å². The molecule has 0 fully saturated rings. The largest absolute Gasteiger partial charge is 0.395 e. The van der Waals surface area contributed by atoms with Crippen LogP contribution >= 0.6 is 0 Å². The van der Waals surface area contributed by atoms with Crippen LogP contribution in [0.5, 0.6) is 0 Å². The Labute approximate surface area is 72.0 Å². The first kappa shape index (κ1) is 11.2. The molecule has 0 radical (unpaired) electrons. The van der Waals surface area contributed by atoms with Crippen LogP contribution in [0.25, 0.3) is 0 Å². The van der Waals surface area contributed by atoms with Crippen molar-refractivity contribution in [2.75, 3.05) is 32.8 Å². The Hall–Kier alpha value is -0.810. The zero-order chi connectivity index (χ0) is 9.40. The maximum Gasteiger partial charge on any atom is 0.317 e. The number of urea groups is 1. The number of hydrogen-bond acceptors (Lipinski definition) is 3. The van der Waals surface area contributed by atoms with Crippen molar-refractivity contribution in [3.8, 4) is 0 Å². The summed E-state index contributed by atoms with van der Waals surface area (Å²) in [5.74, 6) is 0. The molecule has 0 spiro atoms. The van der Waals surface area contributed by atoms with E-state index in [9.17, 15) is 4.79 Å². The standard InChI is InChI=1S/C7H16N2O3/c1-2-8-7(12)9(3-5-10)4-6-11/h10-11H,2-6H2,1H3,(H,8,12). The Morgan fingerprint density at radius 2 is 1.83 bits per heavy atom. The molecule has 5 nitrogen and oxygen atoms in total. The summed E-state index contributed by atoms with van der Waals surface area (Å²) in [6, 6.07) is -0.249. The van der Waals surface area contributed by atoms with E-state index in [1.54, 1.807) is 0 Å². The van der Waals surface area contributed by atoms with Crippen molar-refractivity contribution in [1.82, 2.24) is 10.2 Å². The molecule has 0 aliphatic heterocycles. The van der Waals surface area contributed by atoms with Crippen molar-refractivity contribution < 1.29 is 15.0 Å². The minimum atomic E-state index is -0.249. The predicted octanol–water partition coefficient (Wildman–Crippen LogP) is -0.997. The van der Waals surface area contributed by atoms with Gasteiger partial charge < -0.3 is 20.4 Å². The van der Waals surface area contributed by atoms with Crippen molar-refractivity contribution in [2.45, 2.75) is 6.92 Å². The van der Waals surface area contributed by atoms with E-state index in [-0.39, 0.29) is 32.3 Å². The van der Waals surface area contributed by atoms with Crippen molar-refractivity contribution in [3.05, 3.63) is 0 Å². The number of rotatable bonds is 5. The van der Waals surface area contributed by atoms with Gasteiger partial charge >= 0.3 is 6.03 Å². The van der Waals surface area contributed by atoms with Gasteiger partial charge in [0.05, 0.1) is 13.2 Å². The van der Waals surface area contributed by atoms with Gasteiger partial charge in [-0.15, -0.1) is 0 Å². The molecule has 0 heterocycles. The highest BCUT2D eigenvalue weighted by Crippen LogP contribution is 1.87. The van der Waals surface area contributed by atoms with E-state index in [0.29, 0.717) is 6.54 Å². The third-order valence-electron chi connectivity index (χ3n) is 1.36. The highest BCUT2D eigenvalue weighted by atomic mass is 16.3. The van der Waals surface area contributed by atoms with E-state index in [1.165, 1.54) is 4.90 Å². The minimum Gasteiger partial charge on any atom is -0.395 e. The second-order valence-electron chi connectivity index (χ2n) is 2.27. The topological polar surface area (TPSA) is 72.8 Å². The summed E-state index contributed by atoms with van der Waals surface area (Å²) in [5, 5.41) is 19.7. The van der Waals surface area contributed by atoms with Gasteiger partial charge in [-0.05, 0) is 6.92 Å². The number of nitrogens with one attached hydrogen (secondary N) is 1. The van der Waals surface area contributed by atoms with E-state index < -0.39 is 0 Å². The number of nitrogens with zero attached hydrogens (tertiary/aromatic N) is 1. The van der Waals surface area contributed by atoms with Crippen LogP contribution in [0.1, 0.15) is 6.92 Å². The number of hydrogen-bond donors (Lipinski definition) is 3. The molecular formula is C7H16N2O3. The van der Waals surface area contributed by atoms with Gasteiger partial charge in [0.15, 0.2) is 0 Å². The molecule has 5 heteroatoms. The van der Waals surface area contributed by atoms with Crippen LogP contribution in [0.3, 0.4) is 0 Å². The highest BCUT2D eigenvalue weighted by Gasteiger charge is 2.09. The first-order valence-electron chi connectivity index (χ1n) is 4.00. The minimum absolute atomic E-state index is 0.0862. The fourth-order valence-electron chi connectivity index (χ4n) is 0.819. The molecule has 0 saturated heterocycles. The molecule has 3 N–H and O–H groups in total. The van der Waals surface area contributed by atoms with Crippen LogP contribution in [0.2, 0.25) is 0 Å². The molecule has 0 aliphatic carbocycles. The van der Waals surface area contributed by atoms with Gasteiger partial charge in [0.25, 0.3) is 0 Å². The second-order valence-corrected chi connectivity index (χ2v) is 2.27. The molecule has 72 valence electrons. The molecule has 0 aromatic rings. The van der Waals surface area contributed by atoms with Crippen molar-refractivity contribution in [2.24, 2.45) is 0 Å². The Kier molecular flexibility index (Phi) is 6.41. The molecule has 0 aromatic heterocycles. The number of aliphatic hydroxyl groups excluding tert-OH is 2. The Morgan fingerprint density at radius 1 is 1.33 bits per heavy atom. The van der Waals surface area contributed by atoms with E-state index in [2.05, 4.69) is 5.32 Å². The van der Waals surface area contributed by atoms with Gasteiger partial charge in [-0.2, -0.15) is 0 Å². The zero-order valence-electron chi connectivity index (χ0n) is 7.29. The molecule has 0 atom stereocenters. The van der Waals surface area contributed by atoms with E-state index in [0.717, 1.165) is 0 Å². The monoisotopic (exact) mass is 176 g/mol. The van der Waals surface area contributed by atoms with Crippen molar-refractivity contribution >= 4 is 6.03 Å². The zero-order valence-corrected chi connectivity index (χ0v) is 7.29. The average molecular weight is 176 g/mol. The van der Waals surface area contributed by atoms with Gasteiger partial charge in [0.1, 0.15) is 0 Å². The third-order valence-corrected chi connectivity index (χ3v) is 1.36. The lowest BCUT2D eigenvalue weighted by atomic mass is 10.5. The van der Waals surface area contributed by atoms with E-state index >= 15 is 0 Å². The molecular weight excluding hydrogens is 160 g/mol. The number of carbonyl (C=O) groups excluding carboxylic acids is 1. The van der Waals surface area contributed by atoms with Crippen LogP contribution in [0.4, 0.5) is 4.79 Å². The predicted molar refractivity (Wildman–Crippen MR) is 44.8 cm³/mol. The molecule has 12 heavy (non-hydrogen) atoms. The van der Waals surface area contributed by atoms with E-state index in [1.807, 2.05) is 6.92 Å². The summed E-state index contributed by atoms with van der Waals surface area (Å²) < 4.78 is 0. The normalized spacial score (nSPS) is 9.58. The van der Waals surface area contributed by atoms with Gasteiger partial charge in [-0.3, -0.25) is 0 Å².